The Labute approximate surface area is 111 Å². The van der Waals surface area contributed by atoms with Crippen LogP contribution in [-0.4, -0.2) is 48.2 Å². The number of nitrogens with zero attached hydrogens (tertiary/aromatic N) is 5. The van der Waals surface area contributed by atoms with Crippen LogP contribution in [0.15, 0.2) is 18.3 Å². The van der Waals surface area contributed by atoms with Crippen molar-refractivity contribution in [2.45, 2.75) is 0 Å². The fourth-order valence-corrected chi connectivity index (χ4v) is 1.47. The average molecular weight is 260 g/mol. The third-order valence-corrected chi connectivity index (χ3v) is 2.45. The molecule has 0 unspecified atom stereocenters. The standard InChI is InChI=1S/C12H16N6O/c1-13-11-15-10(16-12(17-11)18(2)3)8-5-6-14-9(7-8)19-4/h5-7H,1-4H3,(H,13,15,16,17). The summed E-state index contributed by atoms with van der Waals surface area (Å²) in [5.74, 6) is 2.20. The first kappa shape index (κ1) is 13.0. The zero-order valence-electron chi connectivity index (χ0n) is 11.4. The average Bonchev–Trinajstić information content (AvgIpc) is 2.46. The minimum atomic E-state index is 0.518. The molecule has 0 aliphatic heterocycles. The maximum Gasteiger partial charge on any atom is 0.230 e. The number of aromatic nitrogens is 4. The quantitative estimate of drug-likeness (QED) is 0.880. The summed E-state index contributed by atoms with van der Waals surface area (Å²) in [5.41, 5.74) is 0.828. The highest BCUT2D eigenvalue weighted by Crippen LogP contribution is 2.21. The van der Waals surface area contributed by atoms with Gasteiger partial charge in [-0.1, -0.05) is 0 Å². The minimum Gasteiger partial charge on any atom is -0.481 e. The fraction of sp³-hybridized carbons (Fsp3) is 0.333. The number of methoxy groups -OCH3 is 1. The first-order chi connectivity index (χ1) is 9.13. The van der Waals surface area contributed by atoms with Gasteiger partial charge in [-0.25, -0.2) is 4.98 Å². The Hall–Kier alpha value is -2.44. The van der Waals surface area contributed by atoms with Gasteiger partial charge in [0.05, 0.1) is 7.11 Å². The van der Waals surface area contributed by atoms with E-state index >= 15 is 0 Å². The van der Waals surface area contributed by atoms with Gasteiger partial charge in [0.25, 0.3) is 0 Å². The minimum absolute atomic E-state index is 0.518. The van der Waals surface area contributed by atoms with Crippen LogP contribution in [-0.2, 0) is 0 Å². The fourth-order valence-electron chi connectivity index (χ4n) is 1.47. The Morgan fingerprint density at radius 3 is 2.63 bits per heavy atom. The molecule has 0 saturated carbocycles. The first-order valence-electron chi connectivity index (χ1n) is 5.75. The van der Waals surface area contributed by atoms with Gasteiger partial charge in [-0.05, 0) is 6.07 Å². The van der Waals surface area contributed by atoms with Crippen molar-refractivity contribution in [1.29, 1.82) is 0 Å². The Balaban J connectivity index is 2.50. The third kappa shape index (κ3) is 2.87. The van der Waals surface area contributed by atoms with Gasteiger partial charge in [-0.2, -0.15) is 15.0 Å². The number of ether oxygens (including phenoxy) is 1. The van der Waals surface area contributed by atoms with Crippen molar-refractivity contribution in [3.63, 3.8) is 0 Å². The molecule has 7 nitrogen and oxygen atoms in total. The second-order valence-corrected chi connectivity index (χ2v) is 4.01. The Morgan fingerprint density at radius 1 is 1.21 bits per heavy atom. The Kier molecular flexibility index (Phi) is 3.74. The van der Waals surface area contributed by atoms with Crippen LogP contribution in [0.5, 0.6) is 5.88 Å². The molecular weight excluding hydrogens is 244 g/mol. The van der Waals surface area contributed by atoms with Crippen LogP contribution in [0.2, 0.25) is 0 Å². The van der Waals surface area contributed by atoms with Crippen LogP contribution in [0.4, 0.5) is 11.9 Å². The lowest BCUT2D eigenvalue weighted by Gasteiger charge is -2.12. The molecule has 2 aromatic heterocycles. The summed E-state index contributed by atoms with van der Waals surface area (Å²) >= 11 is 0. The van der Waals surface area contributed by atoms with Crippen LogP contribution < -0.4 is 15.0 Å². The molecule has 7 heteroatoms. The molecule has 0 aliphatic rings. The van der Waals surface area contributed by atoms with Crippen molar-refractivity contribution in [1.82, 2.24) is 19.9 Å². The van der Waals surface area contributed by atoms with Crippen molar-refractivity contribution in [2.75, 3.05) is 38.5 Å². The van der Waals surface area contributed by atoms with Crippen molar-refractivity contribution >= 4 is 11.9 Å². The summed E-state index contributed by atoms with van der Waals surface area (Å²) in [6.45, 7) is 0. The number of nitrogens with one attached hydrogen (secondary N) is 1. The largest absolute Gasteiger partial charge is 0.481 e. The summed E-state index contributed by atoms with van der Waals surface area (Å²) < 4.78 is 5.10. The maximum absolute atomic E-state index is 5.10. The van der Waals surface area contributed by atoms with Crippen LogP contribution >= 0.6 is 0 Å². The van der Waals surface area contributed by atoms with E-state index in [9.17, 15) is 0 Å². The number of pyridine rings is 1. The molecule has 0 bridgehead atoms. The normalized spacial score (nSPS) is 10.1. The Bertz CT molecular complexity index is 572. The van der Waals surface area contributed by atoms with E-state index in [0.29, 0.717) is 23.6 Å². The second-order valence-electron chi connectivity index (χ2n) is 4.01. The zero-order valence-corrected chi connectivity index (χ0v) is 11.4. The van der Waals surface area contributed by atoms with Crippen LogP contribution in [0.25, 0.3) is 11.4 Å². The monoisotopic (exact) mass is 260 g/mol. The van der Waals surface area contributed by atoms with Gasteiger partial charge >= 0.3 is 0 Å². The first-order valence-corrected chi connectivity index (χ1v) is 5.75. The summed E-state index contributed by atoms with van der Waals surface area (Å²) in [6.07, 6.45) is 1.66. The smallest absolute Gasteiger partial charge is 0.230 e. The molecule has 0 aliphatic carbocycles. The number of anilines is 2. The Morgan fingerprint density at radius 2 is 2.00 bits per heavy atom. The van der Waals surface area contributed by atoms with Gasteiger partial charge in [0.2, 0.25) is 17.8 Å². The number of hydrogen-bond acceptors (Lipinski definition) is 7. The van der Waals surface area contributed by atoms with Crippen molar-refractivity contribution < 1.29 is 4.74 Å². The molecule has 0 aromatic carbocycles. The van der Waals surface area contributed by atoms with E-state index in [-0.39, 0.29) is 0 Å². The van der Waals surface area contributed by atoms with Gasteiger partial charge in [0, 0.05) is 39.0 Å². The molecule has 2 rings (SSSR count). The molecule has 2 aromatic rings. The summed E-state index contributed by atoms with van der Waals surface area (Å²) in [5, 5.41) is 2.93. The van der Waals surface area contributed by atoms with Gasteiger partial charge in [0.15, 0.2) is 5.82 Å². The van der Waals surface area contributed by atoms with Gasteiger partial charge in [0.1, 0.15) is 0 Å². The van der Waals surface area contributed by atoms with E-state index in [1.807, 2.05) is 25.1 Å². The molecule has 0 saturated heterocycles. The van der Waals surface area contributed by atoms with Crippen molar-refractivity contribution in [3.05, 3.63) is 18.3 Å². The number of hydrogen-bond donors (Lipinski definition) is 1. The van der Waals surface area contributed by atoms with E-state index in [4.69, 9.17) is 4.74 Å². The molecule has 100 valence electrons. The predicted octanol–water partition coefficient (Wildman–Crippen LogP) is 1.05. The van der Waals surface area contributed by atoms with E-state index in [2.05, 4.69) is 25.3 Å². The molecule has 1 N–H and O–H groups in total. The van der Waals surface area contributed by atoms with E-state index in [1.54, 1.807) is 26.4 Å². The second kappa shape index (κ2) is 5.47. The third-order valence-electron chi connectivity index (χ3n) is 2.45. The van der Waals surface area contributed by atoms with Gasteiger partial charge < -0.3 is 15.0 Å². The van der Waals surface area contributed by atoms with Crippen LogP contribution in [0.1, 0.15) is 0 Å². The summed E-state index contributed by atoms with van der Waals surface area (Å²) in [6, 6.07) is 3.62. The van der Waals surface area contributed by atoms with Gasteiger partial charge in [-0.15, -0.1) is 0 Å². The van der Waals surface area contributed by atoms with Crippen LogP contribution in [0, 0.1) is 0 Å². The summed E-state index contributed by atoms with van der Waals surface area (Å²) in [4.78, 5) is 18.9. The maximum atomic E-state index is 5.10. The lowest BCUT2D eigenvalue weighted by atomic mass is 10.2. The van der Waals surface area contributed by atoms with E-state index < -0.39 is 0 Å². The SMILES string of the molecule is CNc1nc(-c2ccnc(OC)c2)nc(N(C)C)n1. The molecule has 19 heavy (non-hydrogen) atoms. The predicted molar refractivity (Wildman–Crippen MR) is 73.5 cm³/mol. The summed E-state index contributed by atoms with van der Waals surface area (Å²) in [7, 11) is 7.10. The molecule has 0 fully saturated rings. The van der Waals surface area contributed by atoms with E-state index in [1.165, 1.54) is 0 Å². The van der Waals surface area contributed by atoms with Gasteiger partial charge in [-0.3, -0.25) is 0 Å². The molecule has 2 heterocycles. The lowest BCUT2D eigenvalue weighted by molar-refractivity contribution is 0.398. The van der Waals surface area contributed by atoms with E-state index in [0.717, 1.165) is 5.56 Å². The highest BCUT2D eigenvalue weighted by Gasteiger charge is 2.10. The molecule has 0 amide bonds. The molecule has 0 spiro atoms. The highest BCUT2D eigenvalue weighted by atomic mass is 16.5. The zero-order chi connectivity index (χ0) is 13.8. The molecular formula is C12H16N6O. The topological polar surface area (TPSA) is 76.1 Å². The lowest BCUT2D eigenvalue weighted by Crippen LogP contribution is -2.15. The molecule has 0 atom stereocenters. The molecule has 0 radical (unpaired) electrons. The number of rotatable bonds is 4. The highest BCUT2D eigenvalue weighted by molar-refractivity contribution is 5.58. The van der Waals surface area contributed by atoms with Crippen molar-refractivity contribution in [3.8, 4) is 17.3 Å². The van der Waals surface area contributed by atoms with Crippen molar-refractivity contribution in [2.24, 2.45) is 0 Å². The van der Waals surface area contributed by atoms with Crippen LogP contribution in [0.3, 0.4) is 0 Å².